The molecule has 4 heterocycles. The van der Waals surface area contributed by atoms with Crippen molar-refractivity contribution >= 4 is 17.0 Å². The maximum Gasteiger partial charge on any atom is 0.200 e. The molecule has 0 amide bonds. The Morgan fingerprint density at radius 3 is 2.70 bits per heavy atom. The minimum Gasteiger partial charge on any atom is -0.367 e. The molecular formula is C16H19N7. The van der Waals surface area contributed by atoms with Crippen LogP contribution in [0.1, 0.15) is 12.6 Å². The second-order valence-electron chi connectivity index (χ2n) is 5.66. The van der Waals surface area contributed by atoms with E-state index in [1.807, 2.05) is 18.5 Å². The van der Waals surface area contributed by atoms with Crippen LogP contribution in [0, 0.1) is 0 Å². The average Bonchev–Trinajstić information content (AvgIpc) is 3.10. The van der Waals surface area contributed by atoms with Gasteiger partial charge in [-0.3, -0.25) is 4.98 Å². The quantitative estimate of drug-likeness (QED) is 0.729. The maximum atomic E-state index is 4.52. The number of aryl methyl sites for hydroxylation is 1. The van der Waals surface area contributed by atoms with Gasteiger partial charge >= 0.3 is 0 Å². The lowest BCUT2D eigenvalue weighted by Crippen LogP contribution is -2.46. The lowest BCUT2D eigenvalue weighted by molar-refractivity contribution is 0.651. The summed E-state index contributed by atoms with van der Waals surface area (Å²) in [6.45, 7) is 5.95. The first kappa shape index (κ1) is 13.9. The Morgan fingerprint density at radius 1 is 1.13 bits per heavy atom. The fraction of sp³-hybridized carbons (Fsp3) is 0.375. The zero-order valence-electron chi connectivity index (χ0n) is 13.1. The van der Waals surface area contributed by atoms with E-state index >= 15 is 0 Å². The first-order chi connectivity index (χ1) is 11.3. The van der Waals surface area contributed by atoms with Gasteiger partial charge in [-0.2, -0.15) is 9.61 Å². The Kier molecular flexibility index (Phi) is 3.53. The monoisotopic (exact) mass is 309 g/mol. The molecule has 7 nitrogen and oxygen atoms in total. The Hall–Kier alpha value is -2.70. The van der Waals surface area contributed by atoms with Gasteiger partial charge in [-0.05, 0) is 24.6 Å². The topological polar surface area (TPSA) is 62.5 Å². The van der Waals surface area contributed by atoms with Crippen LogP contribution >= 0.6 is 0 Å². The number of nitrogens with zero attached hydrogens (tertiary/aromatic N) is 7. The molecule has 0 unspecified atom stereocenters. The van der Waals surface area contributed by atoms with E-state index in [1.165, 1.54) is 5.69 Å². The predicted molar refractivity (Wildman–Crippen MR) is 88.8 cm³/mol. The van der Waals surface area contributed by atoms with E-state index in [-0.39, 0.29) is 0 Å². The molecule has 3 aromatic rings. The van der Waals surface area contributed by atoms with Crippen LogP contribution in [-0.2, 0) is 6.42 Å². The third kappa shape index (κ3) is 2.58. The highest BCUT2D eigenvalue weighted by Crippen LogP contribution is 2.23. The van der Waals surface area contributed by atoms with Crippen molar-refractivity contribution in [1.82, 2.24) is 24.8 Å². The Morgan fingerprint density at radius 2 is 1.96 bits per heavy atom. The molecule has 0 radical (unpaired) electrons. The van der Waals surface area contributed by atoms with Crippen molar-refractivity contribution in [3.63, 3.8) is 0 Å². The first-order valence-corrected chi connectivity index (χ1v) is 7.95. The molecule has 1 aliphatic rings. The van der Waals surface area contributed by atoms with Crippen LogP contribution < -0.4 is 9.80 Å². The lowest BCUT2D eigenvalue weighted by atomic mass is 10.2. The molecule has 0 saturated carbocycles. The fourth-order valence-electron chi connectivity index (χ4n) is 3.01. The molecule has 118 valence electrons. The minimum atomic E-state index is 0.831. The molecule has 1 aliphatic heterocycles. The standard InChI is InChI=1S/C16H19N7/c1-2-13-10-15(16-19-18-12-23(16)20-13)22-8-6-21(7-9-22)14-4-3-5-17-11-14/h3-5,10-12H,2,6-9H2,1H3. The molecule has 1 fully saturated rings. The van der Waals surface area contributed by atoms with Crippen LogP contribution in [0.4, 0.5) is 11.4 Å². The summed E-state index contributed by atoms with van der Waals surface area (Å²) >= 11 is 0. The van der Waals surface area contributed by atoms with Gasteiger partial charge in [-0.1, -0.05) is 6.92 Å². The molecule has 1 saturated heterocycles. The van der Waals surface area contributed by atoms with Gasteiger partial charge in [-0.25, -0.2) is 0 Å². The van der Waals surface area contributed by atoms with Crippen molar-refractivity contribution < 1.29 is 0 Å². The molecule has 0 aromatic carbocycles. The summed E-state index contributed by atoms with van der Waals surface area (Å²) in [5.74, 6) is 0. The Labute approximate surface area is 134 Å². The normalized spacial score (nSPS) is 15.3. The van der Waals surface area contributed by atoms with Crippen LogP contribution in [0.2, 0.25) is 0 Å². The number of pyridine rings is 1. The summed E-state index contributed by atoms with van der Waals surface area (Å²) in [6.07, 6.45) is 6.31. The molecule has 0 atom stereocenters. The summed E-state index contributed by atoms with van der Waals surface area (Å²) < 4.78 is 1.78. The van der Waals surface area contributed by atoms with Gasteiger partial charge < -0.3 is 9.80 Å². The van der Waals surface area contributed by atoms with Crippen LogP contribution in [0.3, 0.4) is 0 Å². The first-order valence-electron chi connectivity index (χ1n) is 7.95. The highest BCUT2D eigenvalue weighted by Gasteiger charge is 2.21. The number of anilines is 2. The average molecular weight is 309 g/mol. The van der Waals surface area contributed by atoms with E-state index in [2.05, 4.69) is 49.1 Å². The number of rotatable bonds is 3. The van der Waals surface area contributed by atoms with Crippen LogP contribution in [0.5, 0.6) is 0 Å². The summed E-state index contributed by atoms with van der Waals surface area (Å²) in [4.78, 5) is 8.95. The van der Waals surface area contributed by atoms with Crippen molar-refractivity contribution in [1.29, 1.82) is 0 Å². The van der Waals surface area contributed by atoms with E-state index < -0.39 is 0 Å². The smallest absolute Gasteiger partial charge is 0.200 e. The number of aromatic nitrogens is 5. The van der Waals surface area contributed by atoms with Gasteiger partial charge in [0.1, 0.15) is 6.33 Å². The van der Waals surface area contributed by atoms with E-state index in [1.54, 1.807) is 10.8 Å². The predicted octanol–water partition coefficient (Wildman–Crippen LogP) is 1.41. The summed E-state index contributed by atoms with van der Waals surface area (Å²) in [5.41, 5.74) is 4.20. The van der Waals surface area contributed by atoms with Crippen LogP contribution in [0.15, 0.2) is 36.9 Å². The zero-order valence-corrected chi connectivity index (χ0v) is 13.1. The molecule has 0 spiro atoms. The van der Waals surface area contributed by atoms with E-state index in [0.717, 1.165) is 49.6 Å². The summed E-state index contributed by atoms with van der Waals surface area (Å²) in [7, 11) is 0. The molecule has 3 aromatic heterocycles. The molecule has 23 heavy (non-hydrogen) atoms. The third-order valence-corrected chi connectivity index (χ3v) is 4.29. The molecule has 0 N–H and O–H groups in total. The highest BCUT2D eigenvalue weighted by molar-refractivity contribution is 5.69. The minimum absolute atomic E-state index is 0.831. The van der Waals surface area contributed by atoms with E-state index in [9.17, 15) is 0 Å². The second kappa shape index (κ2) is 5.83. The van der Waals surface area contributed by atoms with Gasteiger partial charge in [0.2, 0.25) is 5.65 Å². The lowest BCUT2D eigenvalue weighted by Gasteiger charge is -2.37. The Balaban J connectivity index is 1.58. The number of hydrogen-bond donors (Lipinski definition) is 0. The van der Waals surface area contributed by atoms with E-state index in [0.29, 0.717) is 0 Å². The van der Waals surface area contributed by atoms with Gasteiger partial charge in [0.05, 0.1) is 23.3 Å². The molecule has 4 rings (SSSR count). The number of fused-ring (bicyclic) bond motifs is 1. The summed E-state index contributed by atoms with van der Waals surface area (Å²) in [6, 6.07) is 6.24. The van der Waals surface area contributed by atoms with Crippen molar-refractivity contribution in [3.8, 4) is 0 Å². The van der Waals surface area contributed by atoms with Crippen molar-refractivity contribution in [2.75, 3.05) is 36.0 Å². The Bertz CT molecular complexity index is 791. The van der Waals surface area contributed by atoms with Gasteiger partial charge in [0, 0.05) is 32.4 Å². The molecule has 0 bridgehead atoms. The van der Waals surface area contributed by atoms with Crippen molar-refractivity contribution in [2.24, 2.45) is 0 Å². The number of hydrogen-bond acceptors (Lipinski definition) is 6. The highest BCUT2D eigenvalue weighted by atomic mass is 15.4. The largest absolute Gasteiger partial charge is 0.367 e. The SMILES string of the molecule is CCc1cc(N2CCN(c3cccnc3)CC2)c2nncn2n1. The molecule has 0 aliphatic carbocycles. The second-order valence-corrected chi connectivity index (χ2v) is 5.66. The van der Waals surface area contributed by atoms with Crippen LogP contribution in [-0.4, -0.2) is 51.0 Å². The van der Waals surface area contributed by atoms with Crippen LogP contribution in [0.25, 0.3) is 5.65 Å². The van der Waals surface area contributed by atoms with Gasteiger partial charge in [0.25, 0.3) is 0 Å². The molecular weight excluding hydrogens is 290 g/mol. The van der Waals surface area contributed by atoms with Crippen molar-refractivity contribution in [2.45, 2.75) is 13.3 Å². The zero-order chi connectivity index (χ0) is 15.6. The van der Waals surface area contributed by atoms with Gasteiger partial charge in [0.15, 0.2) is 0 Å². The maximum absolute atomic E-state index is 4.52. The van der Waals surface area contributed by atoms with E-state index in [4.69, 9.17) is 0 Å². The fourth-order valence-corrected chi connectivity index (χ4v) is 3.01. The van der Waals surface area contributed by atoms with Gasteiger partial charge in [-0.15, -0.1) is 10.2 Å². The molecule has 7 heteroatoms. The van der Waals surface area contributed by atoms with Crippen molar-refractivity contribution in [3.05, 3.63) is 42.6 Å². The number of piperazine rings is 1. The third-order valence-electron chi connectivity index (χ3n) is 4.29. The summed E-state index contributed by atoms with van der Waals surface area (Å²) in [5, 5.41) is 12.7.